The molecule has 0 atom stereocenters. The number of aromatic nitrogens is 1. The Morgan fingerprint density at radius 3 is 2.06 bits per heavy atom. The smallest absolute Gasteiger partial charge is 0.407 e. The van der Waals surface area contributed by atoms with Crippen LogP contribution in [0.4, 0.5) is 4.79 Å². The Labute approximate surface area is 193 Å². The lowest BCUT2D eigenvalue weighted by atomic mass is 9.97. The van der Waals surface area contributed by atoms with Crippen molar-refractivity contribution in [2.24, 2.45) is 0 Å². The van der Waals surface area contributed by atoms with Crippen molar-refractivity contribution in [2.45, 2.75) is 64.1 Å². The number of benzene rings is 2. The maximum Gasteiger partial charge on any atom is 0.407 e. The molecule has 1 fully saturated rings. The van der Waals surface area contributed by atoms with Crippen LogP contribution in [-0.2, 0) is 16.1 Å². The van der Waals surface area contributed by atoms with Crippen LogP contribution in [0.5, 0.6) is 0 Å². The first-order chi connectivity index (χ1) is 15.7. The highest BCUT2D eigenvalue weighted by atomic mass is 16.6. The SMILES string of the molecule is CC(C)(C)OC(=O)NCC1(NC(=O)Cn2c3ccccc3c(=O)c3ccccc32)CCCC1. The van der Waals surface area contributed by atoms with Crippen LogP contribution in [0.25, 0.3) is 21.8 Å². The van der Waals surface area contributed by atoms with Gasteiger partial charge >= 0.3 is 6.09 Å². The van der Waals surface area contributed by atoms with E-state index in [1.54, 1.807) is 12.1 Å². The normalized spacial score (nSPS) is 15.5. The Bertz CT molecular complexity index is 1190. The minimum Gasteiger partial charge on any atom is -0.444 e. The zero-order valence-corrected chi connectivity index (χ0v) is 19.4. The molecule has 0 spiro atoms. The van der Waals surface area contributed by atoms with Gasteiger partial charge in [-0.1, -0.05) is 37.1 Å². The molecule has 1 aromatic heterocycles. The molecule has 1 aliphatic rings. The summed E-state index contributed by atoms with van der Waals surface area (Å²) in [5.74, 6) is -0.151. The fourth-order valence-electron chi connectivity index (χ4n) is 4.68. The number of pyridine rings is 1. The first-order valence-corrected chi connectivity index (χ1v) is 11.5. The highest BCUT2D eigenvalue weighted by Gasteiger charge is 2.36. The molecule has 3 aromatic rings. The van der Waals surface area contributed by atoms with Crippen molar-refractivity contribution in [3.05, 3.63) is 58.8 Å². The van der Waals surface area contributed by atoms with Crippen LogP contribution in [-0.4, -0.2) is 34.3 Å². The van der Waals surface area contributed by atoms with Crippen LogP contribution in [0.3, 0.4) is 0 Å². The lowest BCUT2D eigenvalue weighted by molar-refractivity contribution is -0.123. The van der Waals surface area contributed by atoms with Gasteiger partial charge in [0, 0.05) is 17.3 Å². The van der Waals surface area contributed by atoms with Crippen molar-refractivity contribution in [1.29, 1.82) is 0 Å². The molecule has 1 aliphatic carbocycles. The second-order valence-electron chi connectivity index (χ2n) is 9.84. The van der Waals surface area contributed by atoms with Gasteiger partial charge in [0.05, 0.1) is 16.6 Å². The van der Waals surface area contributed by atoms with E-state index in [9.17, 15) is 14.4 Å². The minimum atomic E-state index is -0.581. The molecule has 0 aliphatic heterocycles. The number of nitrogens with one attached hydrogen (secondary N) is 2. The number of alkyl carbamates (subject to hydrolysis) is 1. The fourth-order valence-corrected chi connectivity index (χ4v) is 4.68. The Balaban J connectivity index is 1.58. The second-order valence-corrected chi connectivity index (χ2v) is 9.84. The van der Waals surface area contributed by atoms with E-state index in [-0.39, 0.29) is 17.9 Å². The van der Waals surface area contributed by atoms with Crippen molar-refractivity contribution in [2.75, 3.05) is 6.54 Å². The number of amides is 2. The van der Waals surface area contributed by atoms with Crippen LogP contribution in [0.2, 0.25) is 0 Å². The quantitative estimate of drug-likeness (QED) is 0.574. The maximum atomic E-state index is 13.3. The monoisotopic (exact) mass is 449 g/mol. The number of hydrogen-bond donors (Lipinski definition) is 2. The van der Waals surface area contributed by atoms with E-state index in [1.165, 1.54) is 0 Å². The van der Waals surface area contributed by atoms with E-state index in [0.717, 1.165) is 36.7 Å². The Morgan fingerprint density at radius 2 is 1.52 bits per heavy atom. The molecule has 33 heavy (non-hydrogen) atoms. The molecule has 0 radical (unpaired) electrons. The van der Waals surface area contributed by atoms with Crippen molar-refractivity contribution in [3.8, 4) is 0 Å². The van der Waals surface area contributed by atoms with Crippen molar-refractivity contribution in [3.63, 3.8) is 0 Å². The number of para-hydroxylation sites is 2. The van der Waals surface area contributed by atoms with Gasteiger partial charge in [0.1, 0.15) is 12.1 Å². The third-order valence-electron chi connectivity index (χ3n) is 6.12. The molecule has 0 unspecified atom stereocenters. The highest BCUT2D eigenvalue weighted by molar-refractivity contribution is 5.95. The third-order valence-corrected chi connectivity index (χ3v) is 6.12. The Hall–Kier alpha value is -3.35. The van der Waals surface area contributed by atoms with Crippen molar-refractivity contribution >= 4 is 33.8 Å². The molecule has 174 valence electrons. The standard InChI is InChI=1S/C26H31N3O4/c1-25(2,3)33-24(32)27-17-26(14-8-9-15-26)28-22(30)16-29-20-12-6-4-10-18(20)23(31)19-11-5-7-13-21(19)29/h4-7,10-13H,8-9,14-17H2,1-3H3,(H,27,32)(H,28,30). The molecule has 2 aromatic carbocycles. The van der Waals surface area contributed by atoms with Gasteiger partial charge < -0.3 is 19.9 Å². The summed E-state index contributed by atoms with van der Waals surface area (Å²) in [6.45, 7) is 5.85. The number of carbonyl (C=O) groups is 2. The molecule has 7 nitrogen and oxygen atoms in total. The third kappa shape index (κ3) is 5.02. The van der Waals surface area contributed by atoms with Gasteiger partial charge in [0.15, 0.2) is 5.43 Å². The summed E-state index contributed by atoms with van der Waals surface area (Å²) in [6, 6.07) is 14.7. The molecule has 0 saturated heterocycles. The van der Waals surface area contributed by atoms with E-state index in [0.29, 0.717) is 17.3 Å². The predicted molar refractivity (Wildman–Crippen MR) is 129 cm³/mol. The summed E-state index contributed by atoms with van der Waals surface area (Å²) in [7, 11) is 0. The summed E-state index contributed by atoms with van der Waals surface area (Å²) in [6.07, 6.45) is 3.07. The average molecular weight is 450 g/mol. The number of fused-ring (bicyclic) bond motifs is 2. The zero-order chi connectivity index (χ0) is 23.6. The molecule has 1 saturated carbocycles. The summed E-state index contributed by atoms with van der Waals surface area (Å²) in [5, 5.41) is 7.21. The van der Waals surface area contributed by atoms with Gasteiger partial charge in [0.25, 0.3) is 0 Å². The van der Waals surface area contributed by atoms with Crippen LogP contribution >= 0.6 is 0 Å². The number of ether oxygens (including phenoxy) is 1. The van der Waals surface area contributed by atoms with E-state index in [2.05, 4.69) is 10.6 Å². The van der Waals surface area contributed by atoms with Crippen LogP contribution in [0.15, 0.2) is 53.3 Å². The molecule has 1 heterocycles. The zero-order valence-electron chi connectivity index (χ0n) is 19.4. The molecule has 4 rings (SSSR count). The van der Waals surface area contributed by atoms with Gasteiger partial charge in [0.2, 0.25) is 5.91 Å². The molecule has 0 bridgehead atoms. The number of carbonyl (C=O) groups excluding carboxylic acids is 2. The van der Waals surface area contributed by atoms with Crippen LogP contribution in [0.1, 0.15) is 46.5 Å². The summed E-state index contributed by atoms with van der Waals surface area (Å²) in [4.78, 5) is 38.4. The molecule has 2 N–H and O–H groups in total. The summed E-state index contributed by atoms with van der Waals surface area (Å²) < 4.78 is 7.25. The van der Waals surface area contributed by atoms with Crippen molar-refractivity contribution < 1.29 is 14.3 Å². The average Bonchev–Trinajstić information content (AvgIpc) is 3.22. The molecular formula is C26H31N3O4. The number of hydrogen-bond acceptors (Lipinski definition) is 4. The van der Waals surface area contributed by atoms with Crippen LogP contribution in [0, 0.1) is 0 Å². The number of rotatable bonds is 5. The molecular weight excluding hydrogens is 418 g/mol. The minimum absolute atomic E-state index is 0.0355. The first-order valence-electron chi connectivity index (χ1n) is 11.5. The Morgan fingerprint density at radius 1 is 0.970 bits per heavy atom. The molecule has 2 amide bonds. The van der Waals surface area contributed by atoms with Gasteiger partial charge in [-0.05, 0) is 57.9 Å². The van der Waals surface area contributed by atoms with Gasteiger partial charge in [-0.25, -0.2) is 4.79 Å². The highest BCUT2D eigenvalue weighted by Crippen LogP contribution is 2.29. The van der Waals surface area contributed by atoms with Gasteiger partial charge in [-0.2, -0.15) is 0 Å². The van der Waals surface area contributed by atoms with E-state index < -0.39 is 17.2 Å². The van der Waals surface area contributed by atoms with E-state index in [1.807, 2.05) is 61.7 Å². The van der Waals surface area contributed by atoms with E-state index >= 15 is 0 Å². The Kier molecular flexibility index (Phi) is 6.15. The van der Waals surface area contributed by atoms with Crippen molar-refractivity contribution in [1.82, 2.24) is 15.2 Å². The van der Waals surface area contributed by atoms with Gasteiger partial charge in [-0.15, -0.1) is 0 Å². The predicted octanol–water partition coefficient (Wildman–Crippen LogP) is 4.11. The maximum absolute atomic E-state index is 13.3. The number of nitrogens with zero attached hydrogens (tertiary/aromatic N) is 1. The topological polar surface area (TPSA) is 89.4 Å². The second kappa shape index (κ2) is 8.89. The fraction of sp³-hybridized carbons (Fsp3) is 0.423. The van der Waals surface area contributed by atoms with E-state index in [4.69, 9.17) is 4.74 Å². The molecule has 7 heteroatoms. The first kappa shape index (κ1) is 22.8. The summed E-state index contributed by atoms with van der Waals surface area (Å²) in [5.41, 5.74) is 0.334. The largest absolute Gasteiger partial charge is 0.444 e. The summed E-state index contributed by atoms with van der Waals surface area (Å²) >= 11 is 0. The lowest BCUT2D eigenvalue weighted by Crippen LogP contribution is -2.55. The van der Waals surface area contributed by atoms with Crippen LogP contribution < -0.4 is 16.1 Å². The lowest BCUT2D eigenvalue weighted by Gasteiger charge is -2.31. The van der Waals surface area contributed by atoms with Gasteiger partial charge in [-0.3, -0.25) is 9.59 Å².